The average molecular weight is 272 g/mol. The standard InChI is InChI=1S/C14H19Cl2N/c1-10-4-2-5-11(10)8-17-9-12-13(15)6-3-7-14(12)16/h3,6-7,10-11,17H,2,4-5,8-9H2,1H3. The molecule has 1 aromatic rings. The quantitative estimate of drug-likeness (QED) is 0.849. The fourth-order valence-corrected chi connectivity index (χ4v) is 3.14. The number of nitrogens with one attached hydrogen (secondary N) is 1. The van der Waals surface area contributed by atoms with E-state index in [-0.39, 0.29) is 0 Å². The highest BCUT2D eigenvalue weighted by atomic mass is 35.5. The van der Waals surface area contributed by atoms with E-state index in [1.54, 1.807) is 0 Å². The van der Waals surface area contributed by atoms with Gasteiger partial charge in [0.2, 0.25) is 0 Å². The molecule has 2 unspecified atom stereocenters. The van der Waals surface area contributed by atoms with Crippen molar-refractivity contribution in [2.75, 3.05) is 6.54 Å². The lowest BCUT2D eigenvalue weighted by Crippen LogP contribution is -2.24. The summed E-state index contributed by atoms with van der Waals surface area (Å²) in [6, 6.07) is 5.67. The zero-order valence-electron chi connectivity index (χ0n) is 10.2. The Balaban J connectivity index is 1.86. The molecule has 0 bridgehead atoms. The molecule has 0 aromatic heterocycles. The lowest BCUT2D eigenvalue weighted by molar-refractivity contribution is 0.392. The Bertz CT molecular complexity index is 358. The van der Waals surface area contributed by atoms with Crippen LogP contribution >= 0.6 is 23.2 Å². The van der Waals surface area contributed by atoms with Gasteiger partial charge in [0.15, 0.2) is 0 Å². The van der Waals surface area contributed by atoms with Gasteiger partial charge in [-0.25, -0.2) is 0 Å². The van der Waals surface area contributed by atoms with Gasteiger partial charge in [0.1, 0.15) is 0 Å². The van der Waals surface area contributed by atoms with Crippen molar-refractivity contribution in [3.8, 4) is 0 Å². The summed E-state index contributed by atoms with van der Waals surface area (Å²) in [6.45, 7) is 4.19. The van der Waals surface area contributed by atoms with Crippen molar-refractivity contribution in [3.05, 3.63) is 33.8 Å². The number of halogens is 2. The third kappa shape index (κ3) is 3.37. The van der Waals surface area contributed by atoms with Crippen molar-refractivity contribution < 1.29 is 0 Å². The van der Waals surface area contributed by atoms with Gasteiger partial charge >= 0.3 is 0 Å². The summed E-state index contributed by atoms with van der Waals surface area (Å²) in [5, 5.41) is 5.00. The second kappa shape index (κ2) is 6.08. The van der Waals surface area contributed by atoms with E-state index >= 15 is 0 Å². The largest absolute Gasteiger partial charge is 0.312 e. The van der Waals surface area contributed by atoms with E-state index < -0.39 is 0 Å². The number of hydrogen-bond donors (Lipinski definition) is 1. The fraction of sp³-hybridized carbons (Fsp3) is 0.571. The first kappa shape index (κ1) is 13.2. The maximum Gasteiger partial charge on any atom is 0.0465 e. The number of hydrogen-bond acceptors (Lipinski definition) is 1. The van der Waals surface area contributed by atoms with Gasteiger partial charge in [0.05, 0.1) is 0 Å². The van der Waals surface area contributed by atoms with E-state index in [9.17, 15) is 0 Å². The summed E-state index contributed by atoms with van der Waals surface area (Å²) in [6.07, 6.45) is 4.10. The summed E-state index contributed by atoms with van der Waals surface area (Å²) in [5.41, 5.74) is 1.02. The molecule has 0 heterocycles. The van der Waals surface area contributed by atoms with Crippen molar-refractivity contribution in [1.29, 1.82) is 0 Å². The van der Waals surface area contributed by atoms with Crippen LogP contribution in [0.5, 0.6) is 0 Å². The summed E-state index contributed by atoms with van der Waals surface area (Å²) in [5.74, 6) is 1.67. The SMILES string of the molecule is CC1CCCC1CNCc1c(Cl)cccc1Cl. The Morgan fingerprint density at radius 2 is 1.94 bits per heavy atom. The topological polar surface area (TPSA) is 12.0 Å². The highest BCUT2D eigenvalue weighted by molar-refractivity contribution is 6.35. The van der Waals surface area contributed by atoms with E-state index in [1.165, 1.54) is 19.3 Å². The molecular formula is C14H19Cl2N. The Kier molecular flexibility index (Phi) is 4.72. The molecule has 1 aliphatic rings. The predicted octanol–water partition coefficient (Wildman–Crippen LogP) is 4.52. The molecule has 1 fully saturated rings. The third-order valence-corrected chi connectivity index (χ3v) is 4.52. The second-order valence-electron chi connectivity index (χ2n) is 5.00. The number of benzene rings is 1. The zero-order valence-corrected chi connectivity index (χ0v) is 11.7. The van der Waals surface area contributed by atoms with Crippen LogP contribution in [0.3, 0.4) is 0 Å². The molecule has 1 saturated carbocycles. The van der Waals surface area contributed by atoms with Crippen LogP contribution in [0, 0.1) is 11.8 Å². The molecule has 2 atom stereocenters. The first-order valence-corrected chi connectivity index (χ1v) is 7.07. The van der Waals surface area contributed by atoms with E-state index in [0.29, 0.717) is 0 Å². The van der Waals surface area contributed by atoms with E-state index in [4.69, 9.17) is 23.2 Å². The van der Waals surface area contributed by atoms with Crippen molar-refractivity contribution in [3.63, 3.8) is 0 Å². The molecule has 0 saturated heterocycles. The van der Waals surface area contributed by atoms with E-state index in [0.717, 1.165) is 40.5 Å². The third-order valence-electron chi connectivity index (χ3n) is 3.81. The molecule has 1 N–H and O–H groups in total. The summed E-state index contributed by atoms with van der Waals surface area (Å²) < 4.78 is 0. The van der Waals surface area contributed by atoms with Gasteiger partial charge in [-0.1, -0.05) is 49.0 Å². The van der Waals surface area contributed by atoms with Gasteiger partial charge in [0, 0.05) is 22.2 Å². The molecule has 0 aliphatic heterocycles. The molecule has 1 aliphatic carbocycles. The van der Waals surface area contributed by atoms with Crippen LogP contribution in [-0.4, -0.2) is 6.54 Å². The Morgan fingerprint density at radius 1 is 1.24 bits per heavy atom. The summed E-state index contributed by atoms with van der Waals surface area (Å²) >= 11 is 12.3. The first-order valence-electron chi connectivity index (χ1n) is 6.32. The molecule has 17 heavy (non-hydrogen) atoms. The molecule has 1 nitrogen and oxygen atoms in total. The van der Waals surface area contributed by atoms with Crippen molar-refractivity contribution >= 4 is 23.2 Å². The fourth-order valence-electron chi connectivity index (χ4n) is 2.61. The van der Waals surface area contributed by atoms with E-state index in [1.807, 2.05) is 18.2 Å². The second-order valence-corrected chi connectivity index (χ2v) is 5.81. The van der Waals surface area contributed by atoms with Crippen molar-refractivity contribution in [2.45, 2.75) is 32.7 Å². The minimum atomic E-state index is 0.754. The number of rotatable bonds is 4. The van der Waals surface area contributed by atoms with Crippen LogP contribution in [-0.2, 0) is 6.54 Å². The average Bonchev–Trinajstić information content (AvgIpc) is 2.69. The van der Waals surface area contributed by atoms with Crippen molar-refractivity contribution in [2.24, 2.45) is 11.8 Å². The van der Waals surface area contributed by atoms with Crippen LogP contribution in [0.15, 0.2) is 18.2 Å². The van der Waals surface area contributed by atoms with Crippen LogP contribution in [0.25, 0.3) is 0 Å². The van der Waals surface area contributed by atoms with Gasteiger partial charge in [0.25, 0.3) is 0 Å². The Morgan fingerprint density at radius 3 is 2.53 bits per heavy atom. The van der Waals surface area contributed by atoms with Crippen LogP contribution in [0.2, 0.25) is 10.0 Å². The van der Waals surface area contributed by atoms with Gasteiger partial charge in [-0.2, -0.15) is 0 Å². The van der Waals surface area contributed by atoms with E-state index in [2.05, 4.69) is 12.2 Å². The van der Waals surface area contributed by atoms with Crippen LogP contribution < -0.4 is 5.32 Å². The Labute approximate surface area is 114 Å². The Hall–Kier alpha value is -0.240. The lowest BCUT2D eigenvalue weighted by Gasteiger charge is -2.16. The lowest BCUT2D eigenvalue weighted by atomic mass is 9.98. The highest BCUT2D eigenvalue weighted by Gasteiger charge is 2.22. The minimum Gasteiger partial charge on any atom is -0.312 e. The predicted molar refractivity (Wildman–Crippen MR) is 74.7 cm³/mol. The smallest absolute Gasteiger partial charge is 0.0465 e. The summed E-state index contributed by atoms with van der Waals surface area (Å²) in [7, 11) is 0. The van der Waals surface area contributed by atoms with Gasteiger partial charge in [-0.05, 0) is 36.9 Å². The van der Waals surface area contributed by atoms with Gasteiger partial charge in [-0.15, -0.1) is 0 Å². The summed E-state index contributed by atoms with van der Waals surface area (Å²) in [4.78, 5) is 0. The molecule has 94 valence electrons. The zero-order chi connectivity index (χ0) is 12.3. The molecule has 2 rings (SSSR count). The molecule has 1 aromatic carbocycles. The minimum absolute atomic E-state index is 0.754. The van der Waals surface area contributed by atoms with Crippen LogP contribution in [0.1, 0.15) is 31.7 Å². The van der Waals surface area contributed by atoms with Gasteiger partial charge < -0.3 is 5.32 Å². The van der Waals surface area contributed by atoms with Crippen molar-refractivity contribution in [1.82, 2.24) is 5.32 Å². The monoisotopic (exact) mass is 271 g/mol. The van der Waals surface area contributed by atoms with Gasteiger partial charge in [-0.3, -0.25) is 0 Å². The molecule has 3 heteroatoms. The molecule has 0 radical (unpaired) electrons. The molecule has 0 amide bonds. The molecular weight excluding hydrogens is 253 g/mol. The molecule has 0 spiro atoms. The normalized spacial score (nSPS) is 24.2. The maximum atomic E-state index is 6.13. The highest BCUT2D eigenvalue weighted by Crippen LogP contribution is 2.30. The van der Waals surface area contributed by atoms with Crippen LogP contribution in [0.4, 0.5) is 0 Å². The maximum absolute atomic E-state index is 6.13. The first-order chi connectivity index (χ1) is 8.18.